The predicted molar refractivity (Wildman–Crippen MR) is 78.0 cm³/mol. The van der Waals surface area contributed by atoms with Gasteiger partial charge in [0.25, 0.3) is 0 Å². The molecule has 0 aromatic rings. The zero-order chi connectivity index (χ0) is 13.2. The van der Waals surface area contributed by atoms with Crippen LogP contribution >= 0.6 is 0 Å². The average molecular weight is 256 g/mol. The van der Waals surface area contributed by atoms with Crippen LogP contribution in [0.15, 0.2) is 0 Å². The van der Waals surface area contributed by atoms with Crippen LogP contribution in [0.2, 0.25) is 0 Å². The van der Waals surface area contributed by atoms with Gasteiger partial charge in [0, 0.05) is 32.8 Å². The minimum atomic E-state index is 0.753. The highest BCUT2D eigenvalue weighted by Crippen LogP contribution is 2.25. The standard InChI is InChI=1S/C15H32N2O/c1-4-10-16-15-9-6-5-8-14(15)13-17(2)11-7-12-18-3/h14-16H,4-13H2,1-3H3. The van der Waals surface area contributed by atoms with E-state index in [1.54, 1.807) is 7.11 Å². The first-order chi connectivity index (χ1) is 8.77. The molecule has 108 valence electrons. The van der Waals surface area contributed by atoms with Gasteiger partial charge < -0.3 is 15.0 Å². The molecule has 0 aromatic heterocycles. The predicted octanol–water partition coefficient (Wildman–Crippen LogP) is 2.51. The lowest BCUT2D eigenvalue weighted by atomic mass is 9.84. The molecule has 18 heavy (non-hydrogen) atoms. The van der Waals surface area contributed by atoms with Gasteiger partial charge in [0.15, 0.2) is 0 Å². The van der Waals surface area contributed by atoms with E-state index in [1.165, 1.54) is 45.2 Å². The Hall–Kier alpha value is -0.120. The van der Waals surface area contributed by atoms with Gasteiger partial charge in [0.1, 0.15) is 0 Å². The topological polar surface area (TPSA) is 24.5 Å². The molecule has 3 heteroatoms. The van der Waals surface area contributed by atoms with E-state index in [2.05, 4.69) is 24.2 Å². The Balaban J connectivity index is 2.26. The molecule has 3 nitrogen and oxygen atoms in total. The van der Waals surface area contributed by atoms with Gasteiger partial charge in [-0.1, -0.05) is 19.8 Å². The molecular formula is C15H32N2O. The second-order valence-corrected chi connectivity index (χ2v) is 5.71. The number of methoxy groups -OCH3 is 1. The lowest BCUT2D eigenvalue weighted by Gasteiger charge is -2.35. The van der Waals surface area contributed by atoms with E-state index in [-0.39, 0.29) is 0 Å². The molecule has 1 rings (SSSR count). The van der Waals surface area contributed by atoms with Crippen molar-refractivity contribution >= 4 is 0 Å². The molecule has 1 saturated carbocycles. The van der Waals surface area contributed by atoms with Crippen LogP contribution in [0.5, 0.6) is 0 Å². The van der Waals surface area contributed by atoms with E-state index in [0.29, 0.717) is 0 Å². The van der Waals surface area contributed by atoms with Crippen molar-refractivity contribution in [3.63, 3.8) is 0 Å². The summed E-state index contributed by atoms with van der Waals surface area (Å²) >= 11 is 0. The zero-order valence-electron chi connectivity index (χ0n) is 12.6. The summed E-state index contributed by atoms with van der Waals surface area (Å²) in [6.45, 7) is 6.71. The molecule has 0 spiro atoms. The number of ether oxygens (including phenoxy) is 1. The largest absolute Gasteiger partial charge is 0.385 e. The molecule has 0 amide bonds. The number of rotatable bonds is 9. The fourth-order valence-electron chi connectivity index (χ4n) is 3.00. The van der Waals surface area contributed by atoms with E-state index in [9.17, 15) is 0 Å². The number of nitrogens with zero attached hydrogens (tertiary/aromatic N) is 1. The SMILES string of the molecule is CCCNC1CCCCC1CN(C)CCCOC. The molecule has 0 bridgehead atoms. The van der Waals surface area contributed by atoms with Crippen LogP contribution in [-0.2, 0) is 4.74 Å². The fraction of sp³-hybridized carbons (Fsp3) is 1.00. The van der Waals surface area contributed by atoms with Crippen molar-refractivity contribution in [1.29, 1.82) is 0 Å². The van der Waals surface area contributed by atoms with Crippen LogP contribution in [0.3, 0.4) is 0 Å². The van der Waals surface area contributed by atoms with Gasteiger partial charge in [-0.05, 0) is 45.2 Å². The van der Waals surface area contributed by atoms with Gasteiger partial charge in [0.2, 0.25) is 0 Å². The Morgan fingerprint density at radius 1 is 1.28 bits per heavy atom. The van der Waals surface area contributed by atoms with Gasteiger partial charge in [-0.2, -0.15) is 0 Å². The first kappa shape index (κ1) is 15.9. The van der Waals surface area contributed by atoms with Gasteiger partial charge >= 0.3 is 0 Å². The molecular weight excluding hydrogens is 224 g/mol. The van der Waals surface area contributed by atoms with Gasteiger partial charge in [0.05, 0.1) is 0 Å². The smallest absolute Gasteiger partial charge is 0.0474 e. The van der Waals surface area contributed by atoms with Crippen molar-refractivity contribution in [2.45, 2.75) is 51.5 Å². The third-order valence-corrected chi connectivity index (χ3v) is 4.00. The summed E-state index contributed by atoms with van der Waals surface area (Å²) in [5.41, 5.74) is 0. The quantitative estimate of drug-likeness (QED) is 0.642. The van der Waals surface area contributed by atoms with Crippen LogP contribution in [0.1, 0.15) is 45.4 Å². The highest BCUT2D eigenvalue weighted by Gasteiger charge is 2.25. The summed E-state index contributed by atoms with van der Waals surface area (Å²) in [6.07, 6.45) is 7.98. The normalized spacial score (nSPS) is 24.7. The van der Waals surface area contributed by atoms with E-state index in [1.807, 2.05) is 0 Å². The monoisotopic (exact) mass is 256 g/mol. The summed E-state index contributed by atoms with van der Waals surface area (Å²) in [7, 11) is 4.03. The Morgan fingerprint density at radius 3 is 2.78 bits per heavy atom. The van der Waals surface area contributed by atoms with Crippen LogP contribution in [-0.4, -0.2) is 51.3 Å². The maximum absolute atomic E-state index is 5.12. The highest BCUT2D eigenvalue weighted by molar-refractivity contribution is 4.82. The zero-order valence-corrected chi connectivity index (χ0v) is 12.6. The van der Waals surface area contributed by atoms with E-state index in [0.717, 1.165) is 31.5 Å². The molecule has 1 N–H and O–H groups in total. The van der Waals surface area contributed by atoms with Crippen LogP contribution in [0.4, 0.5) is 0 Å². The molecule has 1 aliphatic rings. The number of hydrogen-bond donors (Lipinski definition) is 1. The average Bonchev–Trinajstić information content (AvgIpc) is 2.38. The Kier molecular flexibility index (Phi) is 8.64. The molecule has 2 atom stereocenters. The van der Waals surface area contributed by atoms with Crippen LogP contribution < -0.4 is 5.32 Å². The van der Waals surface area contributed by atoms with Crippen LogP contribution in [0, 0.1) is 5.92 Å². The number of hydrogen-bond acceptors (Lipinski definition) is 3. The lowest BCUT2D eigenvalue weighted by molar-refractivity contribution is 0.157. The second-order valence-electron chi connectivity index (χ2n) is 5.71. The van der Waals surface area contributed by atoms with Crippen LogP contribution in [0.25, 0.3) is 0 Å². The molecule has 0 radical (unpaired) electrons. The molecule has 0 aliphatic heterocycles. The molecule has 0 saturated heterocycles. The summed E-state index contributed by atoms with van der Waals surface area (Å²) in [6, 6.07) is 0.753. The third kappa shape index (κ3) is 6.17. The van der Waals surface area contributed by atoms with E-state index in [4.69, 9.17) is 4.74 Å². The summed E-state index contributed by atoms with van der Waals surface area (Å²) in [4.78, 5) is 2.48. The lowest BCUT2D eigenvalue weighted by Crippen LogP contribution is -2.44. The maximum Gasteiger partial charge on any atom is 0.0474 e. The molecule has 1 fully saturated rings. The fourth-order valence-corrected chi connectivity index (χ4v) is 3.00. The molecule has 1 aliphatic carbocycles. The summed E-state index contributed by atoms with van der Waals surface area (Å²) in [5, 5.41) is 3.74. The highest BCUT2D eigenvalue weighted by atomic mass is 16.5. The summed E-state index contributed by atoms with van der Waals surface area (Å²) in [5.74, 6) is 0.845. The third-order valence-electron chi connectivity index (χ3n) is 4.00. The van der Waals surface area contributed by atoms with Gasteiger partial charge in [-0.3, -0.25) is 0 Å². The first-order valence-corrected chi connectivity index (χ1v) is 7.68. The molecule has 0 aromatic carbocycles. The number of nitrogens with one attached hydrogen (secondary N) is 1. The summed E-state index contributed by atoms with van der Waals surface area (Å²) < 4.78 is 5.12. The maximum atomic E-state index is 5.12. The Labute approximate surface area is 113 Å². The van der Waals surface area contributed by atoms with Crippen molar-refractivity contribution in [3.05, 3.63) is 0 Å². The van der Waals surface area contributed by atoms with E-state index < -0.39 is 0 Å². The minimum Gasteiger partial charge on any atom is -0.385 e. The van der Waals surface area contributed by atoms with Crippen molar-refractivity contribution in [1.82, 2.24) is 10.2 Å². The van der Waals surface area contributed by atoms with Crippen molar-refractivity contribution in [2.24, 2.45) is 5.92 Å². The second kappa shape index (κ2) is 9.76. The molecule has 2 unspecified atom stereocenters. The van der Waals surface area contributed by atoms with E-state index >= 15 is 0 Å². The van der Waals surface area contributed by atoms with Gasteiger partial charge in [-0.15, -0.1) is 0 Å². The van der Waals surface area contributed by atoms with Gasteiger partial charge in [-0.25, -0.2) is 0 Å². The van der Waals surface area contributed by atoms with Crippen molar-refractivity contribution < 1.29 is 4.74 Å². The Bertz CT molecular complexity index is 199. The Morgan fingerprint density at radius 2 is 2.06 bits per heavy atom. The first-order valence-electron chi connectivity index (χ1n) is 7.68. The van der Waals surface area contributed by atoms with Crippen molar-refractivity contribution in [2.75, 3.05) is 40.4 Å². The minimum absolute atomic E-state index is 0.753. The van der Waals surface area contributed by atoms with Crippen molar-refractivity contribution in [3.8, 4) is 0 Å². The molecule has 0 heterocycles.